The van der Waals surface area contributed by atoms with Crippen LogP contribution in [0, 0.1) is 6.92 Å². The first-order chi connectivity index (χ1) is 11.9. The van der Waals surface area contributed by atoms with E-state index in [0.717, 1.165) is 24.1 Å². The Bertz CT molecular complexity index is 887. The van der Waals surface area contributed by atoms with E-state index in [1.54, 1.807) is 34.4 Å². The Balaban J connectivity index is 1.74. The highest BCUT2D eigenvalue weighted by Gasteiger charge is 2.22. The summed E-state index contributed by atoms with van der Waals surface area (Å²) in [6.07, 6.45) is 2.32. The van der Waals surface area contributed by atoms with Gasteiger partial charge in [-0.25, -0.2) is 13.1 Å². The van der Waals surface area contributed by atoms with Crippen LogP contribution in [-0.4, -0.2) is 27.4 Å². The Morgan fingerprint density at radius 1 is 1.32 bits per heavy atom. The predicted molar refractivity (Wildman–Crippen MR) is 101 cm³/mol. The third kappa shape index (κ3) is 3.94. The Kier molecular flexibility index (Phi) is 5.27. The van der Waals surface area contributed by atoms with Crippen molar-refractivity contribution < 1.29 is 13.2 Å². The van der Waals surface area contributed by atoms with Gasteiger partial charge in [-0.1, -0.05) is 0 Å². The summed E-state index contributed by atoms with van der Waals surface area (Å²) in [6.45, 7) is 4.63. The maximum Gasteiger partial charge on any atom is 0.240 e. The molecule has 0 unspecified atom stereocenters. The van der Waals surface area contributed by atoms with Gasteiger partial charge < -0.3 is 4.90 Å². The number of rotatable bonds is 5. The van der Waals surface area contributed by atoms with Crippen LogP contribution in [0.25, 0.3) is 0 Å². The zero-order valence-corrected chi connectivity index (χ0v) is 16.0. The van der Waals surface area contributed by atoms with Crippen molar-refractivity contribution in [1.29, 1.82) is 0 Å². The van der Waals surface area contributed by atoms with Gasteiger partial charge in [0.1, 0.15) is 0 Å². The number of amides is 1. The van der Waals surface area contributed by atoms with Gasteiger partial charge in [0.25, 0.3) is 0 Å². The Labute approximate surface area is 152 Å². The summed E-state index contributed by atoms with van der Waals surface area (Å²) >= 11 is 1.65. The summed E-state index contributed by atoms with van der Waals surface area (Å²) in [4.78, 5) is 14.9. The number of anilines is 1. The fourth-order valence-corrected chi connectivity index (χ4v) is 5.10. The molecule has 0 aliphatic carbocycles. The van der Waals surface area contributed by atoms with Crippen LogP contribution in [-0.2, 0) is 27.7 Å². The van der Waals surface area contributed by atoms with E-state index < -0.39 is 10.0 Å². The second-order valence-corrected chi connectivity index (χ2v) is 9.01. The zero-order valence-electron chi connectivity index (χ0n) is 14.4. The first-order valence-corrected chi connectivity index (χ1v) is 10.7. The number of hydrogen-bond donors (Lipinski definition) is 1. The molecule has 25 heavy (non-hydrogen) atoms. The third-order valence-corrected chi connectivity index (χ3v) is 7.01. The molecule has 1 aromatic heterocycles. The molecule has 0 bridgehead atoms. The van der Waals surface area contributed by atoms with E-state index in [4.69, 9.17) is 0 Å². The molecule has 0 saturated carbocycles. The van der Waals surface area contributed by atoms with Crippen molar-refractivity contribution in [2.24, 2.45) is 0 Å². The number of thiophene rings is 1. The van der Waals surface area contributed by atoms with Crippen molar-refractivity contribution >= 4 is 33.0 Å². The molecule has 0 saturated heterocycles. The van der Waals surface area contributed by atoms with Gasteiger partial charge in [0.2, 0.25) is 15.9 Å². The number of benzene rings is 1. The number of carbonyl (C=O) groups excluding carboxylic acids is 1. The van der Waals surface area contributed by atoms with Gasteiger partial charge in [0, 0.05) is 30.6 Å². The van der Waals surface area contributed by atoms with Crippen LogP contribution in [0.5, 0.6) is 0 Å². The predicted octanol–water partition coefficient (Wildman–Crippen LogP) is 2.88. The largest absolute Gasteiger partial charge is 0.312 e. The molecule has 2 aromatic rings. The molecule has 0 fully saturated rings. The summed E-state index contributed by atoms with van der Waals surface area (Å²) in [6, 6.07) is 7.06. The minimum Gasteiger partial charge on any atom is -0.312 e. The number of fused-ring (bicyclic) bond motifs is 1. The SMILES string of the molecule is CC(=O)N1CCCc2cc(S(=O)(=O)NCCc3sccc3C)ccc21. The highest BCUT2D eigenvalue weighted by Crippen LogP contribution is 2.29. The lowest BCUT2D eigenvalue weighted by atomic mass is 10.0. The van der Waals surface area contributed by atoms with Gasteiger partial charge >= 0.3 is 0 Å². The molecular weight excluding hydrogens is 356 g/mol. The normalized spacial score (nSPS) is 14.4. The maximum atomic E-state index is 12.6. The first-order valence-electron chi connectivity index (χ1n) is 8.32. The minimum absolute atomic E-state index is 0.0130. The minimum atomic E-state index is -3.55. The van der Waals surface area contributed by atoms with Crippen molar-refractivity contribution in [2.45, 2.75) is 38.0 Å². The summed E-state index contributed by atoms with van der Waals surface area (Å²) < 4.78 is 27.8. The van der Waals surface area contributed by atoms with E-state index in [0.29, 0.717) is 19.5 Å². The average Bonchev–Trinajstić information content (AvgIpc) is 2.98. The van der Waals surface area contributed by atoms with E-state index in [2.05, 4.69) is 4.72 Å². The molecular formula is C18H22N2O3S2. The van der Waals surface area contributed by atoms with Crippen molar-refractivity contribution in [3.05, 3.63) is 45.6 Å². The number of aryl methyl sites for hydroxylation is 2. The second-order valence-electron chi connectivity index (χ2n) is 6.24. The fourth-order valence-electron chi connectivity index (χ4n) is 3.11. The average molecular weight is 379 g/mol. The molecule has 134 valence electrons. The van der Waals surface area contributed by atoms with Gasteiger partial charge in [0.15, 0.2) is 0 Å². The quantitative estimate of drug-likeness (QED) is 0.870. The highest BCUT2D eigenvalue weighted by atomic mass is 32.2. The summed E-state index contributed by atoms with van der Waals surface area (Å²) in [7, 11) is -3.55. The van der Waals surface area contributed by atoms with E-state index >= 15 is 0 Å². The van der Waals surface area contributed by atoms with Crippen LogP contribution < -0.4 is 9.62 Å². The molecule has 7 heteroatoms. The number of sulfonamides is 1. The molecule has 1 amide bonds. The first kappa shape index (κ1) is 18.1. The van der Waals surface area contributed by atoms with E-state index in [-0.39, 0.29) is 10.8 Å². The Hall–Kier alpha value is -1.70. The maximum absolute atomic E-state index is 12.6. The van der Waals surface area contributed by atoms with Crippen molar-refractivity contribution in [3.63, 3.8) is 0 Å². The molecule has 0 atom stereocenters. The van der Waals surface area contributed by atoms with Crippen LogP contribution in [0.15, 0.2) is 34.5 Å². The van der Waals surface area contributed by atoms with Gasteiger partial charge in [-0.2, -0.15) is 0 Å². The van der Waals surface area contributed by atoms with E-state index in [1.165, 1.54) is 17.4 Å². The van der Waals surface area contributed by atoms with E-state index in [1.807, 2.05) is 18.4 Å². The lowest BCUT2D eigenvalue weighted by molar-refractivity contribution is -0.116. The zero-order chi connectivity index (χ0) is 18.0. The molecule has 0 spiro atoms. The van der Waals surface area contributed by atoms with Crippen LogP contribution in [0.3, 0.4) is 0 Å². The standard InChI is InChI=1S/C18H22N2O3S2/c1-13-8-11-24-18(13)7-9-19-25(22,23)16-5-6-17-15(12-16)4-3-10-20(17)14(2)21/h5-6,8,11-12,19H,3-4,7,9-10H2,1-2H3. The number of carbonyl (C=O) groups is 1. The smallest absolute Gasteiger partial charge is 0.240 e. The number of hydrogen-bond acceptors (Lipinski definition) is 4. The summed E-state index contributed by atoms with van der Waals surface area (Å²) in [5.74, 6) is -0.0130. The molecule has 2 heterocycles. The van der Waals surface area contributed by atoms with Crippen LogP contribution in [0.1, 0.15) is 29.3 Å². The topological polar surface area (TPSA) is 66.5 Å². The van der Waals surface area contributed by atoms with Gasteiger partial charge in [-0.3, -0.25) is 4.79 Å². The lowest BCUT2D eigenvalue weighted by Gasteiger charge is -2.28. The molecule has 1 N–H and O–H groups in total. The molecule has 1 aliphatic rings. The molecule has 1 aromatic carbocycles. The summed E-state index contributed by atoms with van der Waals surface area (Å²) in [5.41, 5.74) is 2.94. The molecule has 0 radical (unpaired) electrons. The Morgan fingerprint density at radius 2 is 2.12 bits per heavy atom. The van der Waals surface area contributed by atoms with Crippen molar-refractivity contribution in [2.75, 3.05) is 18.0 Å². The van der Waals surface area contributed by atoms with Gasteiger partial charge in [-0.15, -0.1) is 11.3 Å². The number of nitrogens with one attached hydrogen (secondary N) is 1. The third-order valence-electron chi connectivity index (χ3n) is 4.47. The van der Waals surface area contributed by atoms with Gasteiger partial charge in [0.05, 0.1) is 4.90 Å². The lowest BCUT2D eigenvalue weighted by Crippen LogP contribution is -2.33. The van der Waals surface area contributed by atoms with Crippen molar-refractivity contribution in [1.82, 2.24) is 4.72 Å². The van der Waals surface area contributed by atoms with E-state index in [9.17, 15) is 13.2 Å². The second kappa shape index (κ2) is 7.27. The molecule has 5 nitrogen and oxygen atoms in total. The van der Waals surface area contributed by atoms with Gasteiger partial charge in [-0.05, 0) is 67.0 Å². The Morgan fingerprint density at radius 3 is 2.80 bits per heavy atom. The van der Waals surface area contributed by atoms with Crippen LogP contribution in [0.4, 0.5) is 5.69 Å². The molecule has 1 aliphatic heterocycles. The van der Waals surface area contributed by atoms with Crippen LogP contribution in [0.2, 0.25) is 0 Å². The highest BCUT2D eigenvalue weighted by molar-refractivity contribution is 7.89. The van der Waals surface area contributed by atoms with Crippen LogP contribution >= 0.6 is 11.3 Å². The van der Waals surface area contributed by atoms with Crippen molar-refractivity contribution in [3.8, 4) is 0 Å². The monoisotopic (exact) mass is 378 g/mol. The summed E-state index contributed by atoms with van der Waals surface area (Å²) in [5, 5.41) is 2.02. The fraction of sp³-hybridized carbons (Fsp3) is 0.389. The molecule has 3 rings (SSSR count). The number of nitrogens with zero attached hydrogens (tertiary/aromatic N) is 1.